The van der Waals surface area contributed by atoms with Crippen LogP contribution in [0, 0.1) is 6.92 Å². The van der Waals surface area contributed by atoms with Crippen LogP contribution in [0.15, 0.2) is 34.7 Å². The number of nitrogens with zero attached hydrogens (tertiary/aromatic N) is 4. The van der Waals surface area contributed by atoms with Crippen molar-refractivity contribution in [3.05, 3.63) is 41.9 Å². The minimum absolute atomic E-state index is 0.0450. The molecule has 1 aromatic carbocycles. The monoisotopic (exact) mass is 514 g/mol. The Kier molecular flexibility index (Phi) is 6.50. The quantitative estimate of drug-likeness (QED) is 0.471. The van der Waals surface area contributed by atoms with E-state index in [0.717, 1.165) is 12.8 Å². The maximum Gasteiger partial charge on any atom is 0.222 e. The average molecular weight is 515 g/mol. The molecule has 2 aliphatic heterocycles. The summed E-state index contributed by atoms with van der Waals surface area (Å²) < 4.78 is 46.0. The molecular formula is C25H30N4O6S. The number of fused-ring (bicyclic) bond motifs is 1. The second-order valence-corrected chi connectivity index (χ2v) is 11.6. The third-order valence-electron chi connectivity index (χ3n) is 7.07. The highest BCUT2D eigenvalue weighted by molar-refractivity contribution is 7.91. The van der Waals surface area contributed by atoms with E-state index in [1.54, 1.807) is 39.8 Å². The van der Waals surface area contributed by atoms with Crippen molar-refractivity contribution in [3.63, 3.8) is 0 Å². The molecule has 0 bridgehead atoms. The molecule has 192 valence electrons. The van der Waals surface area contributed by atoms with Gasteiger partial charge in [0.05, 0.1) is 19.5 Å². The zero-order valence-corrected chi connectivity index (χ0v) is 21.5. The van der Waals surface area contributed by atoms with Gasteiger partial charge >= 0.3 is 0 Å². The minimum Gasteiger partial charge on any atom is -0.494 e. The van der Waals surface area contributed by atoms with Crippen LogP contribution in [0.3, 0.4) is 0 Å². The highest BCUT2D eigenvalue weighted by atomic mass is 32.2. The number of furan rings is 1. The van der Waals surface area contributed by atoms with Gasteiger partial charge in [-0.25, -0.2) is 8.42 Å². The summed E-state index contributed by atoms with van der Waals surface area (Å²) in [5.74, 6) is 2.31. The standard InChI is InChI=1S/C25H30N4O6S/c1-16-10-13-21(35-16)25-27-26-22(29(25)24-19(33-2)7-5-8-20(24)34-3)15-36(31,32)18-12-11-17-6-4-9-23(30)28(17)14-18/h5,7-8,10,13,17-18H,4,6,9,11-12,14-15H2,1-3H3/t17-,18-/m1/s1. The molecule has 5 rings (SSSR count). The fourth-order valence-corrected chi connectivity index (χ4v) is 6.90. The fraction of sp³-hybridized carbons (Fsp3) is 0.480. The molecule has 2 atom stereocenters. The number of sulfone groups is 1. The van der Waals surface area contributed by atoms with Crippen molar-refractivity contribution >= 4 is 15.7 Å². The van der Waals surface area contributed by atoms with E-state index in [1.165, 1.54) is 14.2 Å². The van der Waals surface area contributed by atoms with Crippen molar-refractivity contribution in [2.45, 2.75) is 56.1 Å². The number of piperidine rings is 2. The molecule has 0 aliphatic carbocycles. The number of para-hydroxylation sites is 1. The molecule has 0 saturated carbocycles. The summed E-state index contributed by atoms with van der Waals surface area (Å²) in [4.78, 5) is 14.2. The van der Waals surface area contributed by atoms with Crippen molar-refractivity contribution < 1.29 is 27.1 Å². The third-order valence-corrected chi connectivity index (χ3v) is 9.13. The van der Waals surface area contributed by atoms with E-state index in [-0.39, 0.29) is 30.1 Å². The number of rotatable bonds is 7. The number of benzene rings is 1. The Hall–Kier alpha value is -3.34. The maximum absolute atomic E-state index is 13.7. The van der Waals surface area contributed by atoms with Gasteiger partial charge in [0.1, 0.15) is 28.7 Å². The Morgan fingerprint density at radius 3 is 2.47 bits per heavy atom. The van der Waals surface area contributed by atoms with E-state index in [4.69, 9.17) is 13.9 Å². The minimum atomic E-state index is -3.67. The first-order valence-corrected chi connectivity index (χ1v) is 13.8. The molecular weight excluding hydrogens is 484 g/mol. The molecule has 2 saturated heterocycles. The summed E-state index contributed by atoms with van der Waals surface area (Å²) in [6.45, 7) is 2.04. The Balaban J connectivity index is 1.56. The van der Waals surface area contributed by atoms with Gasteiger partial charge in [-0.2, -0.15) is 0 Å². The molecule has 3 aromatic rings. The van der Waals surface area contributed by atoms with Gasteiger partial charge in [0.15, 0.2) is 21.4 Å². The van der Waals surface area contributed by atoms with Crippen LogP contribution in [-0.4, -0.2) is 66.0 Å². The number of carbonyl (C=O) groups is 1. The molecule has 0 radical (unpaired) electrons. The van der Waals surface area contributed by atoms with Gasteiger partial charge < -0.3 is 18.8 Å². The SMILES string of the molecule is COc1cccc(OC)c1-n1c(CS(=O)(=O)[C@@H]2CC[C@H]3CCCC(=O)N3C2)nnc1-c1ccc(C)o1. The van der Waals surface area contributed by atoms with Crippen molar-refractivity contribution in [1.29, 1.82) is 0 Å². The van der Waals surface area contributed by atoms with E-state index in [2.05, 4.69) is 10.2 Å². The van der Waals surface area contributed by atoms with Crippen molar-refractivity contribution in [3.8, 4) is 28.8 Å². The predicted molar refractivity (Wildman–Crippen MR) is 132 cm³/mol. The summed E-state index contributed by atoms with van der Waals surface area (Å²) >= 11 is 0. The summed E-state index contributed by atoms with van der Waals surface area (Å²) in [5.41, 5.74) is 0.483. The smallest absolute Gasteiger partial charge is 0.222 e. The second-order valence-electron chi connectivity index (χ2n) is 9.30. The maximum atomic E-state index is 13.7. The number of ether oxygens (including phenoxy) is 2. The van der Waals surface area contributed by atoms with Gasteiger partial charge in [0, 0.05) is 19.0 Å². The van der Waals surface area contributed by atoms with Gasteiger partial charge in [-0.05, 0) is 56.9 Å². The fourth-order valence-electron chi connectivity index (χ4n) is 5.23. The molecule has 2 fully saturated rings. The highest BCUT2D eigenvalue weighted by Crippen LogP contribution is 2.38. The van der Waals surface area contributed by atoms with Gasteiger partial charge in [0.25, 0.3) is 0 Å². The highest BCUT2D eigenvalue weighted by Gasteiger charge is 2.40. The predicted octanol–water partition coefficient (Wildman–Crippen LogP) is 3.31. The Morgan fingerprint density at radius 1 is 1.06 bits per heavy atom. The lowest BCUT2D eigenvalue weighted by Crippen LogP contribution is -2.52. The summed E-state index contributed by atoms with van der Waals surface area (Å²) in [5, 5.41) is 7.94. The van der Waals surface area contributed by atoms with E-state index in [0.29, 0.717) is 53.8 Å². The van der Waals surface area contributed by atoms with Crippen LogP contribution in [-0.2, 0) is 20.4 Å². The average Bonchev–Trinajstić information content (AvgIpc) is 3.48. The largest absolute Gasteiger partial charge is 0.494 e. The molecule has 10 nitrogen and oxygen atoms in total. The number of hydrogen-bond acceptors (Lipinski definition) is 8. The first-order valence-electron chi connectivity index (χ1n) is 12.1. The van der Waals surface area contributed by atoms with Crippen LogP contribution < -0.4 is 9.47 Å². The van der Waals surface area contributed by atoms with E-state index in [1.807, 2.05) is 6.92 Å². The lowest BCUT2D eigenvalue weighted by molar-refractivity contribution is -0.137. The number of amides is 1. The number of hydrogen-bond donors (Lipinski definition) is 0. The van der Waals surface area contributed by atoms with E-state index < -0.39 is 15.1 Å². The van der Waals surface area contributed by atoms with Crippen LogP contribution in [0.5, 0.6) is 11.5 Å². The van der Waals surface area contributed by atoms with Crippen LogP contribution in [0.2, 0.25) is 0 Å². The van der Waals surface area contributed by atoms with Crippen LogP contribution in [0.25, 0.3) is 17.3 Å². The summed E-state index contributed by atoms with van der Waals surface area (Å²) in [7, 11) is -0.610. The molecule has 2 aromatic heterocycles. The molecule has 36 heavy (non-hydrogen) atoms. The van der Waals surface area contributed by atoms with Crippen molar-refractivity contribution in [2.24, 2.45) is 0 Å². The van der Waals surface area contributed by atoms with E-state index in [9.17, 15) is 13.2 Å². The molecule has 0 spiro atoms. The number of aryl methyl sites for hydroxylation is 1. The zero-order chi connectivity index (χ0) is 25.4. The normalized spacial score (nSPS) is 20.3. The summed E-state index contributed by atoms with van der Waals surface area (Å²) in [6.07, 6.45) is 3.51. The number of methoxy groups -OCH3 is 2. The van der Waals surface area contributed by atoms with Crippen LogP contribution in [0.4, 0.5) is 0 Å². The van der Waals surface area contributed by atoms with Crippen LogP contribution >= 0.6 is 0 Å². The molecule has 11 heteroatoms. The lowest BCUT2D eigenvalue weighted by atomic mass is 9.93. The molecule has 1 amide bonds. The molecule has 2 aliphatic rings. The first kappa shape index (κ1) is 24.4. The Labute approximate surface area is 210 Å². The third kappa shape index (κ3) is 4.36. The van der Waals surface area contributed by atoms with Gasteiger partial charge in [0.2, 0.25) is 11.7 Å². The van der Waals surface area contributed by atoms with Crippen molar-refractivity contribution in [1.82, 2.24) is 19.7 Å². The molecule has 0 N–H and O–H groups in total. The Morgan fingerprint density at radius 2 is 1.81 bits per heavy atom. The zero-order valence-electron chi connectivity index (χ0n) is 20.6. The first-order chi connectivity index (χ1) is 17.3. The van der Waals surface area contributed by atoms with Gasteiger partial charge in [-0.1, -0.05) is 6.07 Å². The summed E-state index contributed by atoms with van der Waals surface area (Å²) in [6, 6.07) is 9.02. The molecule has 0 unspecified atom stereocenters. The Bertz CT molecular complexity index is 1360. The van der Waals surface area contributed by atoms with Gasteiger partial charge in [-0.15, -0.1) is 10.2 Å². The molecule has 4 heterocycles. The topological polar surface area (TPSA) is 117 Å². The lowest BCUT2D eigenvalue weighted by Gasteiger charge is -2.42. The second kappa shape index (κ2) is 9.61. The number of carbonyl (C=O) groups excluding carboxylic acids is 1. The van der Waals surface area contributed by atoms with Crippen molar-refractivity contribution in [2.75, 3.05) is 20.8 Å². The van der Waals surface area contributed by atoms with Crippen LogP contribution in [0.1, 0.15) is 43.7 Å². The van der Waals surface area contributed by atoms with E-state index >= 15 is 0 Å². The van der Waals surface area contributed by atoms with Gasteiger partial charge in [-0.3, -0.25) is 9.36 Å². The number of aromatic nitrogens is 3.